The Morgan fingerprint density at radius 3 is 2.36 bits per heavy atom. The number of anilines is 1. The molecule has 0 unspecified atom stereocenters. The second-order valence-electron chi connectivity index (χ2n) is 8.15. The number of hydrogen-bond acceptors (Lipinski definition) is 6. The van der Waals surface area contributed by atoms with E-state index >= 15 is 0 Å². The molecule has 3 aromatic rings. The molecule has 0 bridgehead atoms. The molecular formula is C20H20B3F3N6O. The van der Waals surface area contributed by atoms with Gasteiger partial charge in [-0.2, -0.15) is 5.10 Å². The number of nitrogen functional groups attached to an aromatic ring is 1. The number of hydrogen-bond donors (Lipinski definition) is 2. The molecule has 1 saturated heterocycles. The van der Waals surface area contributed by atoms with Crippen molar-refractivity contribution in [3.8, 4) is 17.1 Å². The third-order valence-corrected chi connectivity index (χ3v) is 5.20. The van der Waals surface area contributed by atoms with Crippen LogP contribution in [0.3, 0.4) is 0 Å². The summed E-state index contributed by atoms with van der Waals surface area (Å²) in [5.41, 5.74) is 6.41. The van der Waals surface area contributed by atoms with Crippen LogP contribution >= 0.6 is 0 Å². The highest BCUT2D eigenvalue weighted by Gasteiger charge is 2.31. The molecule has 13 heteroatoms. The second kappa shape index (κ2) is 9.28. The fraction of sp³-hybridized carbons (Fsp3) is 0.450. The van der Waals surface area contributed by atoms with Crippen molar-refractivity contribution in [2.24, 2.45) is 0 Å². The SMILES string of the molecule is FC1CCNCC1.[B]C([B])([B])Oc1cc2ncc(-c3nc(N)c(F)cc3F)n2nc1C1CC1. The van der Waals surface area contributed by atoms with Gasteiger partial charge in [-0.15, -0.1) is 0 Å². The number of pyridine rings is 1. The maximum absolute atomic E-state index is 14.2. The summed E-state index contributed by atoms with van der Waals surface area (Å²) in [5.74, 6) is -1.79. The number of aromatic nitrogens is 4. The molecule has 3 N–H and O–H groups in total. The van der Waals surface area contributed by atoms with Gasteiger partial charge in [0, 0.05) is 18.1 Å². The zero-order chi connectivity index (χ0) is 23.8. The lowest BCUT2D eigenvalue weighted by Gasteiger charge is -2.24. The molecule has 1 saturated carbocycles. The van der Waals surface area contributed by atoms with Crippen molar-refractivity contribution in [2.75, 3.05) is 18.8 Å². The zero-order valence-electron chi connectivity index (χ0n) is 17.8. The lowest BCUT2D eigenvalue weighted by molar-refractivity contribution is 0.262. The molecule has 2 aliphatic rings. The van der Waals surface area contributed by atoms with Gasteiger partial charge < -0.3 is 15.8 Å². The van der Waals surface area contributed by atoms with Gasteiger partial charge in [0.05, 0.1) is 6.20 Å². The summed E-state index contributed by atoms with van der Waals surface area (Å²) in [6.07, 6.45) is 4.05. The Morgan fingerprint density at radius 1 is 1.09 bits per heavy atom. The molecule has 33 heavy (non-hydrogen) atoms. The molecular weight excluding hydrogens is 430 g/mol. The van der Waals surface area contributed by atoms with Gasteiger partial charge in [-0.05, 0) is 44.1 Å². The molecule has 0 spiro atoms. The van der Waals surface area contributed by atoms with Crippen molar-refractivity contribution in [2.45, 2.75) is 43.1 Å². The maximum Gasteiger partial charge on any atom is 0.168 e. The minimum Gasteiger partial charge on any atom is -0.514 e. The average molecular weight is 450 g/mol. The van der Waals surface area contributed by atoms with E-state index in [9.17, 15) is 13.2 Å². The number of ether oxygens (including phenoxy) is 1. The van der Waals surface area contributed by atoms with Crippen molar-refractivity contribution in [1.82, 2.24) is 24.9 Å². The molecule has 6 radical (unpaired) electrons. The normalized spacial score (nSPS) is 16.9. The summed E-state index contributed by atoms with van der Waals surface area (Å²) in [7, 11) is 16.6. The van der Waals surface area contributed by atoms with E-state index in [0.29, 0.717) is 36.0 Å². The van der Waals surface area contributed by atoms with Gasteiger partial charge in [0.25, 0.3) is 0 Å². The standard InChI is InChI=1S/C15H10B3F2N5O.C5H10FN/c16-15(17,18)26-10-4-11-22-5-9(25(11)24-12(10)6-1-2-6)13-7(19)3-8(20)14(21)23-13;6-5-1-3-7-4-2-5/h3-6H,1-2H2,(H2,21,23);5,7H,1-4H2. The Bertz CT molecular complexity index is 1150. The third kappa shape index (κ3) is 5.63. The Kier molecular flexibility index (Phi) is 6.60. The highest BCUT2D eigenvalue weighted by molar-refractivity contribution is 6.58. The summed E-state index contributed by atoms with van der Waals surface area (Å²) in [5, 5.41) is 5.67. The van der Waals surface area contributed by atoms with Gasteiger partial charge in [0.15, 0.2) is 23.1 Å². The Hall–Kier alpha value is -2.69. The summed E-state index contributed by atoms with van der Waals surface area (Å²) < 4.78 is 46.5. The van der Waals surface area contributed by atoms with Gasteiger partial charge in [-0.3, -0.25) is 0 Å². The van der Waals surface area contributed by atoms with E-state index in [0.717, 1.165) is 25.9 Å². The molecule has 0 atom stereocenters. The smallest absolute Gasteiger partial charge is 0.168 e. The van der Waals surface area contributed by atoms with Crippen molar-refractivity contribution in [3.63, 3.8) is 0 Å². The number of piperidine rings is 1. The Morgan fingerprint density at radius 2 is 1.79 bits per heavy atom. The second-order valence-corrected chi connectivity index (χ2v) is 8.15. The molecule has 1 aliphatic heterocycles. The van der Waals surface area contributed by atoms with E-state index in [1.165, 1.54) is 10.7 Å². The average Bonchev–Trinajstić information content (AvgIpc) is 3.50. The predicted molar refractivity (Wildman–Crippen MR) is 120 cm³/mol. The number of nitrogens with zero attached hydrogens (tertiary/aromatic N) is 4. The number of halogens is 3. The lowest BCUT2D eigenvalue weighted by Crippen LogP contribution is -2.38. The molecule has 0 amide bonds. The lowest BCUT2D eigenvalue weighted by atomic mass is 9.52. The highest BCUT2D eigenvalue weighted by Crippen LogP contribution is 2.44. The van der Waals surface area contributed by atoms with Crippen LogP contribution in [0.2, 0.25) is 0 Å². The quantitative estimate of drug-likeness (QED) is 0.590. The van der Waals surface area contributed by atoms with Gasteiger partial charge in [0.2, 0.25) is 0 Å². The minimum absolute atomic E-state index is 0.142. The molecule has 4 heterocycles. The minimum atomic E-state index is -1.88. The Balaban J connectivity index is 0.000000318. The first-order valence-electron chi connectivity index (χ1n) is 10.5. The topological polar surface area (TPSA) is 90.4 Å². The molecule has 0 aromatic carbocycles. The van der Waals surface area contributed by atoms with Crippen LogP contribution in [-0.2, 0) is 0 Å². The summed E-state index contributed by atoms with van der Waals surface area (Å²) >= 11 is 0. The van der Waals surface area contributed by atoms with E-state index in [-0.39, 0.29) is 17.3 Å². The fourth-order valence-electron chi connectivity index (χ4n) is 3.43. The van der Waals surface area contributed by atoms with Crippen LogP contribution in [0.1, 0.15) is 37.3 Å². The van der Waals surface area contributed by atoms with E-state index < -0.39 is 28.9 Å². The van der Waals surface area contributed by atoms with Crippen LogP contribution in [-0.4, -0.2) is 67.7 Å². The molecule has 1 aliphatic carbocycles. The first kappa shape index (κ1) is 23.5. The van der Waals surface area contributed by atoms with Crippen molar-refractivity contribution in [1.29, 1.82) is 0 Å². The number of imidazole rings is 1. The predicted octanol–water partition coefficient (Wildman–Crippen LogP) is 1.73. The monoisotopic (exact) mass is 450 g/mol. The van der Waals surface area contributed by atoms with Crippen LogP contribution in [0.4, 0.5) is 19.0 Å². The van der Waals surface area contributed by atoms with Crippen molar-refractivity contribution in [3.05, 3.63) is 35.7 Å². The number of nitrogens with one attached hydrogen (secondary N) is 1. The van der Waals surface area contributed by atoms with E-state index in [2.05, 4.69) is 20.4 Å². The van der Waals surface area contributed by atoms with Gasteiger partial charge in [0.1, 0.15) is 52.5 Å². The summed E-state index contributed by atoms with van der Waals surface area (Å²) in [4.78, 5) is 7.93. The molecule has 5 rings (SSSR count). The number of nitrogens with two attached hydrogens (primary N) is 1. The molecule has 3 aromatic heterocycles. The zero-order valence-corrected chi connectivity index (χ0v) is 17.8. The number of alkyl halides is 1. The summed E-state index contributed by atoms with van der Waals surface area (Å²) in [6.45, 7) is 1.72. The molecule has 7 nitrogen and oxygen atoms in total. The third-order valence-electron chi connectivity index (χ3n) is 5.20. The largest absolute Gasteiger partial charge is 0.514 e. The van der Waals surface area contributed by atoms with Crippen LogP contribution < -0.4 is 15.8 Å². The van der Waals surface area contributed by atoms with Gasteiger partial charge >= 0.3 is 0 Å². The van der Waals surface area contributed by atoms with E-state index in [4.69, 9.17) is 34.0 Å². The van der Waals surface area contributed by atoms with Crippen LogP contribution in [0.25, 0.3) is 17.0 Å². The number of fused-ring (bicyclic) bond motifs is 1. The highest BCUT2D eigenvalue weighted by atomic mass is 19.1. The molecule has 2 fully saturated rings. The van der Waals surface area contributed by atoms with Crippen LogP contribution in [0.5, 0.6) is 5.75 Å². The first-order valence-corrected chi connectivity index (χ1v) is 10.5. The van der Waals surface area contributed by atoms with Gasteiger partial charge in [-0.1, -0.05) is 0 Å². The van der Waals surface area contributed by atoms with Gasteiger partial charge in [-0.25, -0.2) is 27.7 Å². The molecule has 166 valence electrons. The fourth-order valence-corrected chi connectivity index (χ4v) is 3.43. The van der Waals surface area contributed by atoms with E-state index in [1.807, 2.05) is 0 Å². The van der Waals surface area contributed by atoms with Crippen molar-refractivity contribution >= 4 is 35.0 Å². The summed E-state index contributed by atoms with van der Waals surface area (Å²) in [6, 6.07) is 2.22. The van der Waals surface area contributed by atoms with Crippen LogP contribution in [0.15, 0.2) is 18.3 Å². The van der Waals surface area contributed by atoms with Crippen LogP contribution in [0, 0.1) is 11.6 Å². The van der Waals surface area contributed by atoms with E-state index in [1.54, 1.807) is 6.07 Å². The first-order chi connectivity index (χ1) is 15.6. The Labute approximate surface area is 192 Å². The van der Waals surface area contributed by atoms with Crippen molar-refractivity contribution < 1.29 is 17.9 Å². The maximum atomic E-state index is 14.2. The number of rotatable bonds is 4.